The molecule has 0 saturated heterocycles. The van der Waals surface area contributed by atoms with Crippen LogP contribution in [0.5, 0.6) is 5.75 Å². The average molecular weight is 161 g/mol. The Morgan fingerprint density at radius 1 is 1.55 bits per heavy atom. The summed E-state index contributed by atoms with van der Waals surface area (Å²) in [5.41, 5.74) is -1.30. The smallest absolute Gasteiger partial charge is 0.278 e. The number of hydrogen-bond donors (Lipinski definition) is 2. The van der Waals surface area contributed by atoms with Crippen LogP contribution < -0.4 is 5.43 Å². The number of alkyl halides is 2. The maximum atomic E-state index is 11.8. The second kappa shape index (κ2) is 2.69. The molecule has 0 aliphatic heterocycles. The largest absolute Gasteiger partial charge is 0.503 e. The molecule has 1 rings (SSSR count). The zero-order chi connectivity index (χ0) is 8.43. The van der Waals surface area contributed by atoms with Gasteiger partial charge in [-0.15, -0.1) is 0 Å². The molecule has 2 N–H and O–H groups in total. The fraction of sp³-hybridized carbons (Fsp3) is 0.167. The van der Waals surface area contributed by atoms with E-state index in [0.717, 1.165) is 6.20 Å². The molecule has 0 radical (unpaired) electrons. The molecule has 1 aromatic rings. The lowest BCUT2D eigenvalue weighted by molar-refractivity contribution is 0.146. The van der Waals surface area contributed by atoms with Gasteiger partial charge in [-0.2, -0.15) is 0 Å². The molecule has 1 aromatic heterocycles. The second-order valence-electron chi connectivity index (χ2n) is 1.94. The van der Waals surface area contributed by atoms with Gasteiger partial charge in [0.25, 0.3) is 6.43 Å². The Hall–Kier alpha value is -1.39. The van der Waals surface area contributed by atoms with E-state index in [1.807, 2.05) is 0 Å². The van der Waals surface area contributed by atoms with E-state index in [4.69, 9.17) is 5.11 Å². The van der Waals surface area contributed by atoms with Gasteiger partial charge in [0.2, 0.25) is 5.43 Å². The van der Waals surface area contributed by atoms with Crippen LogP contribution >= 0.6 is 0 Å². The third kappa shape index (κ3) is 1.54. The summed E-state index contributed by atoms with van der Waals surface area (Å²) >= 11 is 0. The van der Waals surface area contributed by atoms with Gasteiger partial charge in [-0.05, 0) is 0 Å². The molecule has 0 saturated carbocycles. The van der Waals surface area contributed by atoms with Crippen molar-refractivity contribution in [1.29, 1.82) is 0 Å². The molecular formula is C6H5F2NO2. The van der Waals surface area contributed by atoms with E-state index in [1.54, 1.807) is 0 Å². The minimum atomic E-state index is -2.72. The molecule has 0 aliphatic carbocycles. The molecule has 3 nitrogen and oxygen atoms in total. The van der Waals surface area contributed by atoms with Gasteiger partial charge in [-0.3, -0.25) is 4.79 Å². The number of hydrogen-bond acceptors (Lipinski definition) is 2. The van der Waals surface area contributed by atoms with Gasteiger partial charge in [0.1, 0.15) is 0 Å². The van der Waals surface area contributed by atoms with Crippen molar-refractivity contribution >= 4 is 0 Å². The molecule has 0 unspecified atom stereocenters. The topological polar surface area (TPSA) is 53.1 Å². The van der Waals surface area contributed by atoms with Gasteiger partial charge in [-0.1, -0.05) is 0 Å². The first-order valence-corrected chi connectivity index (χ1v) is 2.81. The molecule has 0 spiro atoms. The van der Waals surface area contributed by atoms with Crippen LogP contribution in [0.2, 0.25) is 0 Å². The van der Waals surface area contributed by atoms with E-state index in [9.17, 15) is 13.6 Å². The maximum absolute atomic E-state index is 11.8. The van der Waals surface area contributed by atoms with E-state index in [2.05, 4.69) is 4.98 Å². The highest BCUT2D eigenvalue weighted by Crippen LogP contribution is 2.14. The van der Waals surface area contributed by atoms with Crippen LogP contribution in [0.1, 0.15) is 12.1 Å². The minimum absolute atomic E-state index is 0.493. The molecular weight excluding hydrogens is 156 g/mol. The number of H-pyrrole nitrogens is 1. The predicted molar refractivity (Wildman–Crippen MR) is 33.7 cm³/mol. The number of pyridine rings is 1. The Kier molecular flexibility index (Phi) is 1.89. The summed E-state index contributed by atoms with van der Waals surface area (Å²) in [7, 11) is 0. The molecule has 0 aliphatic rings. The first-order valence-electron chi connectivity index (χ1n) is 2.81. The Balaban J connectivity index is 3.16. The molecule has 0 aromatic carbocycles. The highest BCUT2D eigenvalue weighted by molar-refractivity contribution is 5.18. The summed E-state index contributed by atoms with van der Waals surface area (Å²) in [5.74, 6) is -0.561. The molecule has 1 heterocycles. The van der Waals surface area contributed by atoms with Crippen LogP contribution in [0.4, 0.5) is 8.78 Å². The summed E-state index contributed by atoms with van der Waals surface area (Å²) in [6, 6.07) is 0.667. The lowest BCUT2D eigenvalue weighted by Gasteiger charge is -1.97. The predicted octanol–water partition coefficient (Wildman–Crippen LogP) is 1.02. The molecule has 0 bridgehead atoms. The molecule has 60 valence electrons. The summed E-state index contributed by atoms with van der Waals surface area (Å²) < 4.78 is 23.7. The van der Waals surface area contributed by atoms with E-state index in [1.165, 1.54) is 0 Å². The monoisotopic (exact) mass is 161 g/mol. The lowest BCUT2D eigenvalue weighted by Crippen LogP contribution is -2.02. The van der Waals surface area contributed by atoms with E-state index >= 15 is 0 Å². The van der Waals surface area contributed by atoms with Crippen molar-refractivity contribution in [2.75, 3.05) is 0 Å². The van der Waals surface area contributed by atoms with Gasteiger partial charge in [0, 0.05) is 12.3 Å². The molecule has 0 amide bonds. The fourth-order valence-corrected chi connectivity index (χ4v) is 0.606. The normalized spacial score (nSPS) is 10.5. The van der Waals surface area contributed by atoms with Gasteiger partial charge >= 0.3 is 0 Å². The highest BCUT2D eigenvalue weighted by Gasteiger charge is 2.08. The van der Waals surface area contributed by atoms with Crippen molar-refractivity contribution < 1.29 is 13.9 Å². The molecule has 11 heavy (non-hydrogen) atoms. The highest BCUT2D eigenvalue weighted by atomic mass is 19.3. The van der Waals surface area contributed by atoms with E-state index in [-0.39, 0.29) is 0 Å². The van der Waals surface area contributed by atoms with Crippen LogP contribution in [0.15, 0.2) is 17.1 Å². The van der Waals surface area contributed by atoms with Gasteiger partial charge in [-0.25, -0.2) is 8.78 Å². The Labute approximate surface area is 60.3 Å². The second-order valence-corrected chi connectivity index (χ2v) is 1.94. The zero-order valence-corrected chi connectivity index (χ0v) is 5.34. The number of halogens is 2. The Morgan fingerprint density at radius 2 is 2.18 bits per heavy atom. The van der Waals surface area contributed by atoms with Crippen molar-refractivity contribution in [2.45, 2.75) is 6.43 Å². The summed E-state index contributed by atoms with van der Waals surface area (Å²) in [6.07, 6.45) is -1.88. The van der Waals surface area contributed by atoms with Gasteiger partial charge in [0.15, 0.2) is 5.75 Å². The Bertz CT molecular complexity index is 308. The van der Waals surface area contributed by atoms with Gasteiger partial charge < -0.3 is 10.1 Å². The minimum Gasteiger partial charge on any atom is -0.503 e. The SMILES string of the molecule is O=c1cc(C(F)F)[nH]cc1O. The van der Waals surface area contributed by atoms with Crippen LogP contribution in [0, 0.1) is 0 Å². The van der Waals surface area contributed by atoms with Crippen molar-refractivity contribution in [3.63, 3.8) is 0 Å². The molecule has 0 atom stereocenters. The van der Waals surface area contributed by atoms with Crippen molar-refractivity contribution in [1.82, 2.24) is 4.98 Å². The van der Waals surface area contributed by atoms with Crippen LogP contribution in [-0.2, 0) is 0 Å². The number of rotatable bonds is 1. The zero-order valence-electron chi connectivity index (χ0n) is 5.34. The van der Waals surface area contributed by atoms with Crippen molar-refractivity contribution in [3.05, 3.63) is 28.2 Å². The first kappa shape index (κ1) is 7.71. The van der Waals surface area contributed by atoms with Gasteiger partial charge in [0.05, 0.1) is 5.69 Å². The molecule has 0 fully saturated rings. The Morgan fingerprint density at radius 3 is 2.64 bits per heavy atom. The number of aromatic amines is 1. The maximum Gasteiger partial charge on any atom is 0.278 e. The van der Waals surface area contributed by atoms with E-state index in [0.29, 0.717) is 6.07 Å². The number of aromatic nitrogens is 1. The lowest BCUT2D eigenvalue weighted by atomic mass is 10.3. The quantitative estimate of drug-likeness (QED) is 0.646. The number of aromatic hydroxyl groups is 1. The summed E-state index contributed by atoms with van der Waals surface area (Å²) in [5, 5.41) is 8.64. The first-order chi connectivity index (χ1) is 5.11. The summed E-state index contributed by atoms with van der Waals surface area (Å²) in [6.45, 7) is 0. The number of nitrogens with one attached hydrogen (secondary N) is 1. The van der Waals surface area contributed by atoms with Crippen LogP contribution in [0.3, 0.4) is 0 Å². The standard InChI is InChI=1S/C6H5F2NO2/c7-6(8)3-1-4(10)5(11)2-9-3/h1-2,6,11H,(H,9,10). The van der Waals surface area contributed by atoms with E-state index < -0.39 is 23.3 Å². The fourth-order valence-electron chi connectivity index (χ4n) is 0.606. The third-order valence-electron chi connectivity index (χ3n) is 1.15. The van der Waals surface area contributed by atoms with Crippen LogP contribution in [0.25, 0.3) is 0 Å². The van der Waals surface area contributed by atoms with Crippen molar-refractivity contribution in [3.8, 4) is 5.75 Å². The third-order valence-corrected chi connectivity index (χ3v) is 1.15. The summed E-state index contributed by atoms with van der Waals surface area (Å²) in [4.78, 5) is 12.6. The van der Waals surface area contributed by atoms with Crippen molar-refractivity contribution in [2.24, 2.45) is 0 Å². The molecule has 5 heteroatoms. The van der Waals surface area contributed by atoms with Crippen LogP contribution in [-0.4, -0.2) is 10.1 Å². The average Bonchev–Trinajstić information content (AvgIpc) is 1.94.